The van der Waals surface area contributed by atoms with Gasteiger partial charge in [0.15, 0.2) is 11.5 Å². The van der Waals surface area contributed by atoms with Crippen molar-refractivity contribution in [2.24, 2.45) is 0 Å². The molecule has 0 atom stereocenters. The zero-order valence-corrected chi connectivity index (χ0v) is 29.0. The minimum atomic E-state index is 0.580. The van der Waals surface area contributed by atoms with E-state index in [1.54, 1.807) is 0 Å². The van der Waals surface area contributed by atoms with Gasteiger partial charge in [0.25, 0.3) is 0 Å². The Morgan fingerprint density at radius 3 is 1.72 bits per heavy atom. The van der Waals surface area contributed by atoms with E-state index in [1.807, 2.05) is 97.1 Å². The first-order valence-electron chi connectivity index (χ1n) is 17.6. The Balaban J connectivity index is 1.15. The fourth-order valence-corrected chi connectivity index (χ4v) is 7.04. The quantitative estimate of drug-likeness (QED) is 0.156. The molecule has 0 saturated heterocycles. The van der Waals surface area contributed by atoms with E-state index in [9.17, 15) is 5.26 Å². The van der Waals surface area contributed by atoms with Gasteiger partial charge in [-0.1, -0.05) is 103 Å². The van der Waals surface area contributed by atoms with Gasteiger partial charge < -0.3 is 9.47 Å². The molecule has 6 heteroatoms. The van der Waals surface area contributed by atoms with Crippen LogP contribution in [0.25, 0.3) is 66.2 Å². The Bertz CT molecular complexity index is 2750. The lowest BCUT2D eigenvalue weighted by Gasteiger charge is -2.26. The molecule has 0 spiro atoms. The van der Waals surface area contributed by atoms with Crippen LogP contribution in [-0.2, 0) is 0 Å². The maximum Gasteiger partial charge on any atom is 0.187 e. The number of para-hydroxylation sites is 1. The SMILES string of the molecule is [C-]#[N+]c1ccc(N(c2ccc(C#N)cc2)c2ccc3c(c2)c2ccccc2n3-c2ccc(-c3cc(-c4ccccc4)nc(-c4ccccc4)n3)cc2)cc1. The molecule has 7 aromatic carbocycles. The third-order valence-corrected chi connectivity index (χ3v) is 9.65. The summed E-state index contributed by atoms with van der Waals surface area (Å²) in [7, 11) is 0. The first-order chi connectivity index (χ1) is 26.7. The highest BCUT2D eigenvalue weighted by Crippen LogP contribution is 2.40. The predicted octanol–water partition coefficient (Wildman–Crippen LogP) is 12.5. The number of nitriles is 1. The van der Waals surface area contributed by atoms with Crippen LogP contribution >= 0.6 is 0 Å². The highest BCUT2D eigenvalue weighted by Gasteiger charge is 2.18. The third-order valence-electron chi connectivity index (χ3n) is 9.65. The predicted molar refractivity (Wildman–Crippen MR) is 218 cm³/mol. The normalized spacial score (nSPS) is 10.9. The maximum absolute atomic E-state index is 9.46. The number of nitrogens with zero attached hydrogens (tertiary/aromatic N) is 6. The fraction of sp³-hybridized carbons (Fsp3) is 0. The Labute approximate surface area is 312 Å². The van der Waals surface area contributed by atoms with E-state index >= 15 is 0 Å². The van der Waals surface area contributed by atoms with Crippen LogP contribution in [0, 0.1) is 17.9 Å². The second-order valence-electron chi connectivity index (χ2n) is 12.9. The van der Waals surface area contributed by atoms with Crippen molar-refractivity contribution >= 4 is 44.6 Å². The van der Waals surface area contributed by atoms with Crippen LogP contribution in [0.1, 0.15) is 5.56 Å². The van der Waals surface area contributed by atoms with Gasteiger partial charge in [0.1, 0.15) is 0 Å². The van der Waals surface area contributed by atoms with E-state index in [-0.39, 0.29) is 0 Å². The smallest absolute Gasteiger partial charge is 0.187 e. The zero-order valence-electron chi connectivity index (χ0n) is 29.0. The van der Waals surface area contributed by atoms with Crippen molar-refractivity contribution in [3.05, 3.63) is 199 Å². The van der Waals surface area contributed by atoms with E-state index in [0.717, 1.165) is 72.6 Å². The summed E-state index contributed by atoms with van der Waals surface area (Å²) in [5.41, 5.74) is 11.9. The van der Waals surface area contributed by atoms with Crippen LogP contribution in [0.2, 0.25) is 0 Å². The zero-order chi connectivity index (χ0) is 36.4. The lowest BCUT2D eigenvalue weighted by Crippen LogP contribution is -2.09. The molecule has 9 rings (SSSR count). The highest BCUT2D eigenvalue weighted by molar-refractivity contribution is 6.10. The number of rotatable bonds is 7. The Morgan fingerprint density at radius 2 is 1.07 bits per heavy atom. The molecule has 0 fully saturated rings. The van der Waals surface area contributed by atoms with Gasteiger partial charge in [-0.25, -0.2) is 14.8 Å². The summed E-state index contributed by atoms with van der Waals surface area (Å²) in [5, 5.41) is 11.7. The average Bonchev–Trinajstić information content (AvgIpc) is 3.58. The van der Waals surface area contributed by atoms with Crippen LogP contribution in [-0.4, -0.2) is 14.5 Å². The third kappa shape index (κ3) is 5.90. The molecule has 0 aliphatic carbocycles. The molecule has 0 N–H and O–H groups in total. The Kier molecular flexibility index (Phi) is 8.17. The first kappa shape index (κ1) is 32.1. The molecule has 9 aromatic rings. The van der Waals surface area contributed by atoms with Gasteiger partial charge in [-0.15, -0.1) is 0 Å². The van der Waals surface area contributed by atoms with E-state index in [2.05, 4.69) is 105 Å². The molecule has 0 unspecified atom stereocenters. The lowest BCUT2D eigenvalue weighted by molar-refractivity contribution is 1.17. The summed E-state index contributed by atoms with van der Waals surface area (Å²) >= 11 is 0. The summed E-state index contributed by atoms with van der Waals surface area (Å²) in [6.45, 7) is 7.45. The van der Waals surface area contributed by atoms with Crippen molar-refractivity contribution in [2.45, 2.75) is 0 Å². The summed E-state index contributed by atoms with van der Waals surface area (Å²) in [6.07, 6.45) is 0. The molecule has 6 nitrogen and oxygen atoms in total. The van der Waals surface area contributed by atoms with Crippen LogP contribution in [0.5, 0.6) is 0 Å². The number of aromatic nitrogens is 3. The molecule has 0 radical (unpaired) electrons. The van der Waals surface area contributed by atoms with E-state index in [1.165, 1.54) is 0 Å². The van der Waals surface area contributed by atoms with Crippen LogP contribution < -0.4 is 4.90 Å². The number of fused-ring (bicyclic) bond motifs is 3. The van der Waals surface area contributed by atoms with Crippen molar-refractivity contribution in [1.29, 1.82) is 5.26 Å². The topological polar surface area (TPSA) is 62.1 Å². The summed E-state index contributed by atoms with van der Waals surface area (Å²) < 4.78 is 2.31. The lowest BCUT2D eigenvalue weighted by atomic mass is 10.1. The fourth-order valence-electron chi connectivity index (χ4n) is 7.04. The number of hydrogen-bond donors (Lipinski definition) is 0. The van der Waals surface area contributed by atoms with Gasteiger partial charge in [-0.2, -0.15) is 5.26 Å². The van der Waals surface area contributed by atoms with E-state index < -0.39 is 0 Å². The highest BCUT2D eigenvalue weighted by atomic mass is 15.1. The largest absolute Gasteiger partial charge is 0.311 e. The standard InChI is InChI=1S/C48H30N6/c1-50-37-20-26-39(27-21-37)53(38-22-16-33(32-49)17-23-38)41-28-29-47-43(30-41)42-14-8-9-15-46(42)54(47)40-24-18-35(19-25-40)45-31-44(34-10-4-2-5-11-34)51-48(52-45)36-12-6-3-7-13-36/h2-31H. The van der Waals surface area contributed by atoms with Gasteiger partial charge in [0.2, 0.25) is 0 Å². The first-order valence-corrected chi connectivity index (χ1v) is 17.6. The molecule has 54 heavy (non-hydrogen) atoms. The van der Waals surface area contributed by atoms with Gasteiger partial charge >= 0.3 is 0 Å². The monoisotopic (exact) mass is 690 g/mol. The van der Waals surface area contributed by atoms with Crippen LogP contribution in [0.15, 0.2) is 182 Å². The molecule has 0 aliphatic rings. The molecule has 0 aliphatic heterocycles. The summed E-state index contributed by atoms with van der Waals surface area (Å²) in [6, 6.07) is 63.4. The van der Waals surface area contributed by atoms with Crippen molar-refractivity contribution in [1.82, 2.24) is 14.5 Å². The average molecular weight is 691 g/mol. The molecule has 252 valence electrons. The summed E-state index contributed by atoms with van der Waals surface area (Å²) in [4.78, 5) is 15.7. The molecular formula is C48H30N6. The molecule has 2 heterocycles. The van der Waals surface area contributed by atoms with Gasteiger partial charge in [0, 0.05) is 50.2 Å². The van der Waals surface area contributed by atoms with Crippen molar-refractivity contribution in [3.63, 3.8) is 0 Å². The second-order valence-corrected chi connectivity index (χ2v) is 12.9. The number of anilines is 3. The van der Waals surface area contributed by atoms with Gasteiger partial charge in [0.05, 0.1) is 40.6 Å². The van der Waals surface area contributed by atoms with E-state index in [0.29, 0.717) is 17.1 Å². The number of benzene rings is 7. The van der Waals surface area contributed by atoms with Crippen molar-refractivity contribution in [2.75, 3.05) is 4.90 Å². The van der Waals surface area contributed by atoms with Crippen molar-refractivity contribution in [3.8, 4) is 45.7 Å². The Morgan fingerprint density at radius 1 is 0.519 bits per heavy atom. The molecular weight excluding hydrogens is 661 g/mol. The number of hydrogen-bond acceptors (Lipinski definition) is 4. The molecule has 0 amide bonds. The second kappa shape index (κ2) is 13.7. The van der Waals surface area contributed by atoms with Crippen LogP contribution in [0.4, 0.5) is 22.7 Å². The minimum absolute atomic E-state index is 0.580. The maximum atomic E-state index is 9.46. The minimum Gasteiger partial charge on any atom is -0.311 e. The van der Waals surface area contributed by atoms with Crippen LogP contribution in [0.3, 0.4) is 0 Å². The summed E-state index contributed by atoms with van der Waals surface area (Å²) in [5.74, 6) is 0.687. The van der Waals surface area contributed by atoms with Gasteiger partial charge in [-0.3, -0.25) is 0 Å². The molecule has 0 saturated carbocycles. The molecule has 0 bridgehead atoms. The molecule has 2 aromatic heterocycles. The Hall–Kier alpha value is -7.80. The van der Waals surface area contributed by atoms with E-state index in [4.69, 9.17) is 16.5 Å². The van der Waals surface area contributed by atoms with Crippen molar-refractivity contribution < 1.29 is 0 Å². The van der Waals surface area contributed by atoms with Gasteiger partial charge in [-0.05, 0) is 78.9 Å².